The van der Waals surface area contributed by atoms with Crippen molar-refractivity contribution < 1.29 is 14.4 Å². The standard InChI is InChI=1S/C26H28N2O2/c1-30-20-21-9-8-14-24(19-21)26(29)28-17-15-27(16-18-28)25(22-10-4-2-5-11-22)23-12-6-3-7-13-23/h2-14,19,25H,15-18,20H2,1H3/p+1. The molecule has 0 saturated carbocycles. The van der Waals surface area contributed by atoms with Crippen molar-refractivity contribution in [3.05, 3.63) is 107 Å². The molecule has 0 radical (unpaired) electrons. The number of hydrogen-bond donors (Lipinski definition) is 1. The van der Waals surface area contributed by atoms with Crippen molar-refractivity contribution >= 4 is 5.91 Å². The van der Waals surface area contributed by atoms with Crippen molar-refractivity contribution in [1.82, 2.24) is 4.90 Å². The maximum atomic E-state index is 13.0. The van der Waals surface area contributed by atoms with E-state index in [1.807, 2.05) is 29.2 Å². The first-order valence-electron chi connectivity index (χ1n) is 10.6. The smallest absolute Gasteiger partial charge is 0.254 e. The minimum Gasteiger partial charge on any atom is -0.380 e. The van der Waals surface area contributed by atoms with E-state index in [0.717, 1.165) is 37.3 Å². The van der Waals surface area contributed by atoms with E-state index in [2.05, 4.69) is 60.7 Å². The predicted molar refractivity (Wildman–Crippen MR) is 118 cm³/mol. The molecular formula is C26H29N2O2+. The normalized spacial score (nSPS) is 14.8. The zero-order valence-electron chi connectivity index (χ0n) is 17.5. The Morgan fingerprint density at radius 1 is 0.900 bits per heavy atom. The Morgan fingerprint density at radius 3 is 2.07 bits per heavy atom. The van der Waals surface area contributed by atoms with Crippen LogP contribution in [-0.4, -0.2) is 44.1 Å². The van der Waals surface area contributed by atoms with Gasteiger partial charge in [-0.3, -0.25) is 4.79 Å². The number of nitrogens with zero attached hydrogens (tertiary/aromatic N) is 1. The van der Waals surface area contributed by atoms with Crippen LogP contribution in [0.25, 0.3) is 0 Å². The largest absolute Gasteiger partial charge is 0.380 e. The number of carbonyl (C=O) groups is 1. The summed E-state index contributed by atoms with van der Waals surface area (Å²) in [5.41, 5.74) is 4.42. The van der Waals surface area contributed by atoms with Gasteiger partial charge in [-0.15, -0.1) is 0 Å². The van der Waals surface area contributed by atoms with Gasteiger partial charge in [-0.1, -0.05) is 72.8 Å². The molecule has 4 rings (SSSR count). The van der Waals surface area contributed by atoms with Gasteiger partial charge in [-0.25, -0.2) is 0 Å². The first kappa shape index (κ1) is 20.3. The second-order valence-corrected chi connectivity index (χ2v) is 7.84. The van der Waals surface area contributed by atoms with E-state index in [1.54, 1.807) is 7.11 Å². The summed E-state index contributed by atoms with van der Waals surface area (Å²) in [6.07, 6.45) is 0. The molecule has 1 aliphatic rings. The van der Waals surface area contributed by atoms with Crippen LogP contribution in [0.5, 0.6) is 0 Å². The summed E-state index contributed by atoms with van der Waals surface area (Å²) in [4.78, 5) is 16.5. The molecule has 1 amide bonds. The number of carbonyl (C=O) groups excluding carboxylic acids is 1. The zero-order valence-corrected chi connectivity index (χ0v) is 17.5. The van der Waals surface area contributed by atoms with Gasteiger partial charge < -0.3 is 14.5 Å². The molecule has 0 unspecified atom stereocenters. The predicted octanol–water partition coefficient (Wildman–Crippen LogP) is 2.96. The first-order chi connectivity index (χ1) is 14.8. The van der Waals surface area contributed by atoms with Crippen molar-refractivity contribution in [3.8, 4) is 0 Å². The fraction of sp³-hybridized carbons (Fsp3) is 0.269. The van der Waals surface area contributed by atoms with Crippen LogP contribution >= 0.6 is 0 Å². The molecule has 30 heavy (non-hydrogen) atoms. The molecule has 1 N–H and O–H groups in total. The van der Waals surface area contributed by atoms with Gasteiger partial charge in [-0.05, 0) is 17.7 Å². The SMILES string of the molecule is COCc1cccc(C(=O)N2CC[NH+](C(c3ccccc3)c3ccccc3)CC2)c1. The summed E-state index contributed by atoms with van der Waals surface area (Å²) in [6.45, 7) is 3.91. The van der Waals surface area contributed by atoms with Crippen molar-refractivity contribution in [3.63, 3.8) is 0 Å². The van der Waals surface area contributed by atoms with Gasteiger partial charge in [0.1, 0.15) is 6.04 Å². The average molecular weight is 402 g/mol. The number of quaternary nitrogens is 1. The lowest BCUT2D eigenvalue weighted by Crippen LogP contribution is -3.15. The summed E-state index contributed by atoms with van der Waals surface area (Å²) in [7, 11) is 1.67. The summed E-state index contributed by atoms with van der Waals surface area (Å²) in [5, 5.41) is 0. The number of amides is 1. The number of methoxy groups -OCH3 is 1. The quantitative estimate of drug-likeness (QED) is 0.689. The lowest BCUT2D eigenvalue weighted by Gasteiger charge is -2.37. The molecule has 0 bridgehead atoms. The van der Waals surface area contributed by atoms with Crippen molar-refractivity contribution in [2.45, 2.75) is 12.6 Å². The van der Waals surface area contributed by atoms with Crippen molar-refractivity contribution in [2.24, 2.45) is 0 Å². The van der Waals surface area contributed by atoms with Gasteiger partial charge in [0, 0.05) is 23.8 Å². The molecule has 3 aromatic carbocycles. The van der Waals surface area contributed by atoms with Crippen molar-refractivity contribution in [2.75, 3.05) is 33.3 Å². The number of rotatable bonds is 6. The van der Waals surface area contributed by atoms with E-state index in [-0.39, 0.29) is 11.9 Å². The molecule has 1 heterocycles. The third-order valence-corrected chi connectivity index (χ3v) is 5.85. The maximum absolute atomic E-state index is 13.0. The minimum atomic E-state index is 0.114. The highest BCUT2D eigenvalue weighted by Crippen LogP contribution is 2.19. The van der Waals surface area contributed by atoms with Gasteiger partial charge in [0.2, 0.25) is 0 Å². The molecule has 0 spiro atoms. The second kappa shape index (κ2) is 9.70. The Morgan fingerprint density at radius 2 is 1.50 bits per heavy atom. The highest BCUT2D eigenvalue weighted by Gasteiger charge is 2.31. The van der Waals surface area contributed by atoms with Crippen LogP contribution in [0.2, 0.25) is 0 Å². The van der Waals surface area contributed by atoms with Crippen LogP contribution in [0.4, 0.5) is 0 Å². The van der Waals surface area contributed by atoms with E-state index in [0.29, 0.717) is 6.61 Å². The lowest BCUT2D eigenvalue weighted by atomic mass is 9.96. The van der Waals surface area contributed by atoms with E-state index in [9.17, 15) is 4.79 Å². The number of benzene rings is 3. The molecular weight excluding hydrogens is 372 g/mol. The number of hydrogen-bond acceptors (Lipinski definition) is 2. The molecule has 1 fully saturated rings. The van der Waals surface area contributed by atoms with Crippen LogP contribution in [0.15, 0.2) is 84.9 Å². The van der Waals surface area contributed by atoms with Crippen LogP contribution in [0, 0.1) is 0 Å². The zero-order chi connectivity index (χ0) is 20.8. The van der Waals surface area contributed by atoms with Gasteiger partial charge in [0.25, 0.3) is 5.91 Å². The van der Waals surface area contributed by atoms with E-state index >= 15 is 0 Å². The fourth-order valence-corrected chi connectivity index (χ4v) is 4.38. The molecule has 0 aromatic heterocycles. The van der Waals surface area contributed by atoms with Gasteiger partial charge in [0.05, 0.1) is 32.8 Å². The van der Waals surface area contributed by atoms with E-state index in [1.165, 1.54) is 16.0 Å². The Kier molecular flexibility index (Phi) is 6.57. The molecule has 4 heteroatoms. The summed E-state index contributed by atoms with van der Waals surface area (Å²) >= 11 is 0. The maximum Gasteiger partial charge on any atom is 0.254 e. The lowest BCUT2D eigenvalue weighted by molar-refractivity contribution is -0.929. The van der Waals surface area contributed by atoms with Gasteiger partial charge in [0.15, 0.2) is 0 Å². The Balaban J connectivity index is 1.48. The molecule has 154 valence electrons. The molecule has 1 saturated heterocycles. The van der Waals surface area contributed by atoms with E-state index in [4.69, 9.17) is 4.74 Å². The monoisotopic (exact) mass is 401 g/mol. The Labute approximate surface area is 178 Å². The van der Waals surface area contributed by atoms with Gasteiger partial charge in [-0.2, -0.15) is 0 Å². The fourth-order valence-electron chi connectivity index (χ4n) is 4.38. The second-order valence-electron chi connectivity index (χ2n) is 7.84. The molecule has 1 aliphatic heterocycles. The van der Waals surface area contributed by atoms with E-state index < -0.39 is 0 Å². The van der Waals surface area contributed by atoms with Crippen molar-refractivity contribution in [1.29, 1.82) is 0 Å². The number of nitrogens with one attached hydrogen (secondary N) is 1. The summed E-state index contributed by atoms with van der Waals surface area (Å²) in [5.74, 6) is 0.114. The average Bonchev–Trinajstić information content (AvgIpc) is 2.81. The molecule has 0 atom stereocenters. The number of ether oxygens (including phenoxy) is 1. The molecule has 4 nitrogen and oxygen atoms in total. The molecule has 3 aromatic rings. The van der Waals surface area contributed by atoms with Crippen LogP contribution in [0.3, 0.4) is 0 Å². The number of piperazine rings is 1. The molecule has 0 aliphatic carbocycles. The van der Waals surface area contributed by atoms with Crippen LogP contribution < -0.4 is 4.90 Å². The Bertz CT molecular complexity index is 912. The topological polar surface area (TPSA) is 34.0 Å². The first-order valence-corrected chi connectivity index (χ1v) is 10.6. The highest BCUT2D eigenvalue weighted by atomic mass is 16.5. The Hall–Kier alpha value is -2.95. The van der Waals surface area contributed by atoms with Crippen LogP contribution in [-0.2, 0) is 11.3 Å². The highest BCUT2D eigenvalue weighted by molar-refractivity contribution is 5.94. The summed E-state index contributed by atoms with van der Waals surface area (Å²) in [6, 6.07) is 29.5. The van der Waals surface area contributed by atoms with Crippen LogP contribution in [0.1, 0.15) is 33.1 Å². The minimum absolute atomic E-state index is 0.114. The third-order valence-electron chi connectivity index (χ3n) is 5.85. The summed E-state index contributed by atoms with van der Waals surface area (Å²) < 4.78 is 5.20. The third kappa shape index (κ3) is 4.61. The van der Waals surface area contributed by atoms with Gasteiger partial charge >= 0.3 is 0 Å².